The number of esters is 1. The molecule has 1 N–H and O–H groups in total. The lowest BCUT2D eigenvalue weighted by molar-refractivity contribution is 0.0526. The van der Waals surface area contributed by atoms with E-state index in [0.29, 0.717) is 18.8 Å². The molecular weight excluding hydrogens is 280 g/mol. The Kier molecular flexibility index (Phi) is 4.00. The number of para-hydroxylation sites is 1. The van der Waals surface area contributed by atoms with Crippen molar-refractivity contribution in [1.82, 2.24) is 15.0 Å². The molecule has 0 amide bonds. The minimum absolute atomic E-state index is 0.322. The van der Waals surface area contributed by atoms with Crippen LogP contribution >= 0.6 is 0 Å². The van der Waals surface area contributed by atoms with E-state index in [1.807, 2.05) is 36.4 Å². The molecule has 0 saturated carbocycles. The average molecular weight is 296 g/mol. The summed E-state index contributed by atoms with van der Waals surface area (Å²) in [6.07, 6.45) is 0. The van der Waals surface area contributed by atoms with Crippen molar-refractivity contribution in [3.63, 3.8) is 0 Å². The quantitative estimate of drug-likeness (QED) is 0.733. The topological polar surface area (TPSA) is 69.0 Å². The van der Waals surface area contributed by atoms with Gasteiger partial charge in [0, 0.05) is 5.69 Å². The molecule has 0 unspecified atom stereocenters. The minimum atomic E-state index is -0.322. The molecule has 0 saturated heterocycles. The summed E-state index contributed by atoms with van der Waals surface area (Å²) in [5, 5.41) is 11.4. The van der Waals surface area contributed by atoms with Crippen LogP contribution in [0.4, 0.5) is 5.69 Å². The summed E-state index contributed by atoms with van der Waals surface area (Å²) in [7, 11) is 0. The van der Waals surface area contributed by atoms with Crippen LogP contribution in [0.2, 0.25) is 0 Å². The second-order valence-electron chi connectivity index (χ2n) is 4.71. The van der Waals surface area contributed by atoms with Crippen molar-refractivity contribution in [3.05, 3.63) is 54.1 Å². The maximum Gasteiger partial charge on any atom is 0.338 e. The maximum absolute atomic E-state index is 11.7. The fraction of sp³-hybridized carbons (Fsp3) is 0.188. The number of nitrogens with one attached hydrogen (secondary N) is 1. The molecular formula is C16H16N4O2. The predicted octanol–water partition coefficient (Wildman–Crippen LogP) is 2.68. The summed E-state index contributed by atoms with van der Waals surface area (Å²) in [4.78, 5) is 11.7. The summed E-state index contributed by atoms with van der Waals surface area (Å²) in [5.41, 5.74) is 3.15. The van der Waals surface area contributed by atoms with Crippen LogP contribution in [-0.4, -0.2) is 27.6 Å². The summed E-state index contributed by atoms with van der Waals surface area (Å²) in [6, 6.07) is 15.0. The Balaban J connectivity index is 1.74. The van der Waals surface area contributed by atoms with E-state index in [-0.39, 0.29) is 5.97 Å². The van der Waals surface area contributed by atoms with Crippen LogP contribution in [0, 0.1) is 0 Å². The minimum Gasteiger partial charge on any atom is -0.462 e. The van der Waals surface area contributed by atoms with Gasteiger partial charge in [0.1, 0.15) is 12.2 Å². The number of anilines is 1. The maximum atomic E-state index is 11.7. The molecule has 0 radical (unpaired) electrons. The Morgan fingerprint density at radius 1 is 1.23 bits per heavy atom. The van der Waals surface area contributed by atoms with Crippen molar-refractivity contribution in [2.75, 3.05) is 11.9 Å². The molecule has 22 heavy (non-hydrogen) atoms. The van der Waals surface area contributed by atoms with Crippen LogP contribution in [0.15, 0.2) is 48.5 Å². The molecule has 1 aromatic heterocycles. The second-order valence-corrected chi connectivity index (χ2v) is 4.71. The first-order valence-corrected chi connectivity index (χ1v) is 7.07. The van der Waals surface area contributed by atoms with E-state index in [0.717, 1.165) is 16.7 Å². The van der Waals surface area contributed by atoms with E-state index in [2.05, 4.69) is 15.6 Å². The third kappa shape index (κ3) is 2.90. The molecule has 3 aromatic rings. The Hall–Kier alpha value is -2.89. The molecule has 0 aliphatic heterocycles. The standard InChI is InChI=1S/C16H16N4O2/c1-2-22-16(21)12-6-5-7-13(10-12)17-11-20-15-9-4-3-8-14(15)18-19-20/h3-10,17H,2,11H2,1H3. The Morgan fingerprint density at radius 3 is 2.95 bits per heavy atom. The Morgan fingerprint density at radius 2 is 2.09 bits per heavy atom. The van der Waals surface area contributed by atoms with Gasteiger partial charge in [0.05, 0.1) is 17.7 Å². The molecule has 0 aliphatic rings. The molecule has 1 heterocycles. The molecule has 0 aliphatic carbocycles. The van der Waals surface area contributed by atoms with E-state index in [4.69, 9.17) is 4.74 Å². The number of rotatable bonds is 5. The molecule has 6 heteroatoms. The van der Waals surface area contributed by atoms with Gasteiger partial charge in [-0.05, 0) is 37.3 Å². The van der Waals surface area contributed by atoms with Crippen LogP contribution in [0.25, 0.3) is 11.0 Å². The van der Waals surface area contributed by atoms with Gasteiger partial charge in [-0.15, -0.1) is 5.10 Å². The van der Waals surface area contributed by atoms with Gasteiger partial charge in [0.15, 0.2) is 0 Å². The summed E-state index contributed by atoms with van der Waals surface area (Å²) in [6.45, 7) is 2.62. The zero-order valence-electron chi connectivity index (χ0n) is 12.2. The fourth-order valence-electron chi connectivity index (χ4n) is 2.17. The molecule has 0 atom stereocenters. The molecule has 0 bridgehead atoms. The summed E-state index contributed by atoms with van der Waals surface area (Å²) in [5.74, 6) is -0.322. The SMILES string of the molecule is CCOC(=O)c1cccc(NCn2nnc3ccccc32)c1. The van der Waals surface area contributed by atoms with E-state index < -0.39 is 0 Å². The number of benzene rings is 2. The zero-order chi connectivity index (χ0) is 15.4. The van der Waals surface area contributed by atoms with E-state index in [1.54, 1.807) is 23.7 Å². The Labute approximate surface area is 127 Å². The van der Waals surface area contributed by atoms with Gasteiger partial charge >= 0.3 is 5.97 Å². The lowest BCUT2D eigenvalue weighted by Gasteiger charge is -2.08. The van der Waals surface area contributed by atoms with Crippen molar-refractivity contribution in [1.29, 1.82) is 0 Å². The first kappa shape index (κ1) is 14.1. The highest BCUT2D eigenvalue weighted by Crippen LogP contribution is 2.14. The molecule has 0 spiro atoms. The van der Waals surface area contributed by atoms with Gasteiger partial charge in [-0.2, -0.15) is 0 Å². The number of fused-ring (bicyclic) bond motifs is 1. The monoisotopic (exact) mass is 296 g/mol. The number of carbonyl (C=O) groups excluding carboxylic acids is 1. The molecule has 0 fully saturated rings. The smallest absolute Gasteiger partial charge is 0.338 e. The highest BCUT2D eigenvalue weighted by atomic mass is 16.5. The van der Waals surface area contributed by atoms with Crippen molar-refractivity contribution >= 4 is 22.7 Å². The van der Waals surface area contributed by atoms with Crippen LogP contribution in [0.3, 0.4) is 0 Å². The van der Waals surface area contributed by atoms with Crippen molar-refractivity contribution in [2.45, 2.75) is 13.6 Å². The second kappa shape index (κ2) is 6.26. The molecule has 3 rings (SSSR count). The van der Waals surface area contributed by atoms with Crippen molar-refractivity contribution in [2.24, 2.45) is 0 Å². The third-order valence-electron chi connectivity index (χ3n) is 3.23. The number of ether oxygens (including phenoxy) is 1. The first-order valence-electron chi connectivity index (χ1n) is 7.07. The van der Waals surface area contributed by atoms with Gasteiger partial charge in [-0.3, -0.25) is 0 Å². The van der Waals surface area contributed by atoms with Gasteiger partial charge in [-0.1, -0.05) is 23.4 Å². The van der Waals surface area contributed by atoms with E-state index in [9.17, 15) is 4.79 Å². The lowest BCUT2D eigenvalue weighted by atomic mass is 10.2. The average Bonchev–Trinajstić information content (AvgIpc) is 2.97. The summed E-state index contributed by atoms with van der Waals surface area (Å²) >= 11 is 0. The first-order chi connectivity index (χ1) is 10.8. The molecule has 6 nitrogen and oxygen atoms in total. The van der Waals surface area contributed by atoms with E-state index in [1.165, 1.54) is 0 Å². The number of carbonyl (C=O) groups is 1. The molecule has 2 aromatic carbocycles. The van der Waals surface area contributed by atoms with E-state index >= 15 is 0 Å². The number of hydrogen-bond acceptors (Lipinski definition) is 5. The number of hydrogen-bond donors (Lipinski definition) is 1. The van der Waals surface area contributed by atoms with Crippen molar-refractivity contribution < 1.29 is 9.53 Å². The van der Waals surface area contributed by atoms with Gasteiger partial charge < -0.3 is 10.1 Å². The zero-order valence-corrected chi connectivity index (χ0v) is 12.2. The van der Waals surface area contributed by atoms with Crippen LogP contribution in [-0.2, 0) is 11.4 Å². The highest BCUT2D eigenvalue weighted by Gasteiger charge is 2.07. The van der Waals surface area contributed by atoms with Crippen LogP contribution < -0.4 is 5.32 Å². The van der Waals surface area contributed by atoms with Crippen LogP contribution in [0.1, 0.15) is 17.3 Å². The number of aromatic nitrogens is 3. The lowest BCUT2D eigenvalue weighted by Crippen LogP contribution is -2.10. The predicted molar refractivity (Wildman–Crippen MR) is 83.5 cm³/mol. The fourth-order valence-corrected chi connectivity index (χ4v) is 2.17. The Bertz CT molecular complexity index is 797. The highest BCUT2D eigenvalue weighted by molar-refractivity contribution is 5.90. The van der Waals surface area contributed by atoms with Crippen molar-refractivity contribution in [3.8, 4) is 0 Å². The third-order valence-corrected chi connectivity index (χ3v) is 3.23. The summed E-state index contributed by atoms with van der Waals surface area (Å²) < 4.78 is 6.77. The molecule has 112 valence electrons. The van der Waals surface area contributed by atoms with Crippen LogP contribution in [0.5, 0.6) is 0 Å². The van der Waals surface area contributed by atoms with Gasteiger partial charge in [0.2, 0.25) is 0 Å². The van der Waals surface area contributed by atoms with Gasteiger partial charge in [-0.25, -0.2) is 9.48 Å². The number of nitrogens with zero attached hydrogens (tertiary/aromatic N) is 3. The van der Waals surface area contributed by atoms with Gasteiger partial charge in [0.25, 0.3) is 0 Å². The largest absolute Gasteiger partial charge is 0.462 e. The normalized spacial score (nSPS) is 10.6.